The van der Waals surface area contributed by atoms with Gasteiger partial charge < -0.3 is 14.8 Å². The molecule has 1 N–H and O–H groups in total. The Hall–Kier alpha value is -3.00. The summed E-state index contributed by atoms with van der Waals surface area (Å²) in [6, 6.07) is 10.1. The summed E-state index contributed by atoms with van der Waals surface area (Å²) in [5.74, 6) is 2.55. The van der Waals surface area contributed by atoms with E-state index in [2.05, 4.69) is 37.3 Å². The summed E-state index contributed by atoms with van der Waals surface area (Å²) in [4.78, 5) is 14.9. The van der Waals surface area contributed by atoms with Crippen LogP contribution in [-0.2, 0) is 19.6 Å². The standard InChI is InChI=1S/C21H25N7O/c29-21(18-12-23-27(15-18)14-16-4-2-1-3-5-16)26-9-6-17(7-10-26)20-25-24-19-13-22-8-11-28(19)20/h1-5,12,15,17,22H,6-11,13-14H2. The van der Waals surface area contributed by atoms with Crippen LogP contribution in [0.25, 0.3) is 0 Å². The van der Waals surface area contributed by atoms with Crippen LogP contribution < -0.4 is 5.32 Å². The number of benzene rings is 1. The maximum Gasteiger partial charge on any atom is 0.257 e. The maximum absolute atomic E-state index is 12.9. The van der Waals surface area contributed by atoms with Crippen molar-refractivity contribution in [1.82, 2.24) is 34.8 Å². The number of nitrogens with zero attached hydrogens (tertiary/aromatic N) is 6. The highest BCUT2D eigenvalue weighted by molar-refractivity contribution is 5.93. The van der Waals surface area contributed by atoms with Crippen LogP contribution in [0, 0.1) is 0 Å². The van der Waals surface area contributed by atoms with Crippen LogP contribution in [0.4, 0.5) is 0 Å². The van der Waals surface area contributed by atoms with E-state index in [0.717, 1.165) is 57.2 Å². The number of hydrogen-bond acceptors (Lipinski definition) is 5. The molecule has 0 atom stereocenters. The number of amides is 1. The van der Waals surface area contributed by atoms with Gasteiger partial charge in [0.05, 0.1) is 24.8 Å². The molecule has 8 nitrogen and oxygen atoms in total. The number of carbonyl (C=O) groups excluding carboxylic acids is 1. The number of carbonyl (C=O) groups is 1. The van der Waals surface area contributed by atoms with Crippen LogP contribution in [0.5, 0.6) is 0 Å². The molecule has 1 saturated heterocycles. The van der Waals surface area contributed by atoms with Crippen molar-refractivity contribution in [1.29, 1.82) is 0 Å². The summed E-state index contributed by atoms with van der Waals surface area (Å²) in [6.07, 6.45) is 5.38. The maximum atomic E-state index is 12.9. The van der Waals surface area contributed by atoms with Crippen LogP contribution in [0.1, 0.15) is 46.3 Å². The van der Waals surface area contributed by atoms with Crippen molar-refractivity contribution in [3.05, 3.63) is 65.5 Å². The van der Waals surface area contributed by atoms with Crippen molar-refractivity contribution in [3.63, 3.8) is 0 Å². The van der Waals surface area contributed by atoms with Crippen molar-refractivity contribution in [2.75, 3.05) is 19.6 Å². The van der Waals surface area contributed by atoms with Crippen LogP contribution in [-0.4, -0.2) is 55.0 Å². The molecule has 2 aliphatic rings. The lowest BCUT2D eigenvalue weighted by Gasteiger charge is -2.31. The molecule has 1 amide bonds. The molecule has 3 aromatic rings. The van der Waals surface area contributed by atoms with Gasteiger partial charge in [0.2, 0.25) is 0 Å². The lowest BCUT2D eigenvalue weighted by atomic mass is 9.95. The highest BCUT2D eigenvalue weighted by Crippen LogP contribution is 2.28. The number of piperidine rings is 1. The van der Waals surface area contributed by atoms with Gasteiger partial charge in [0.15, 0.2) is 0 Å². The third kappa shape index (κ3) is 3.67. The number of hydrogen-bond donors (Lipinski definition) is 1. The first kappa shape index (κ1) is 18.1. The molecule has 29 heavy (non-hydrogen) atoms. The second-order valence-electron chi connectivity index (χ2n) is 7.78. The molecule has 0 saturated carbocycles. The number of rotatable bonds is 4. The monoisotopic (exact) mass is 391 g/mol. The second-order valence-corrected chi connectivity index (χ2v) is 7.78. The Morgan fingerprint density at radius 1 is 1.10 bits per heavy atom. The van der Waals surface area contributed by atoms with E-state index in [9.17, 15) is 4.79 Å². The van der Waals surface area contributed by atoms with Crippen LogP contribution >= 0.6 is 0 Å². The molecule has 150 valence electrons. The molecule has 1 aromatic carbocycles. The number of likely N-dealkylation sites (tertiary alicyclic amines) is 1. The van der Waals surface area contributed by atoms with Gasteiger partial charge in [0.25, 0.3) is 5.91 Å². The Bertz CT molecular complexity index is 986. The molecule has 2 aliphatic heterocycles. The van der Waals surface area contributed by atoms with Gasteiger partial charge >= 0.3 is 0 Å². The van der Waals surface area contributed by atoms with E-state index in [1.165, 1.54) is 5.56 Å². The summed E-state index contributed by atoms with van der Waals surface area (Å²) in [7, 11) is 0. The molecule has 8 heteroatoms. The van der Waals surface area contributed by atoms with Gasteiger partial charge in [-0.1, -0.05) is 30.3 Å². The zero-order chi connectivity index (χ0) is 19.6. The normalized spacial score (nSPS) is 17.3. The van der Waals surface area contributed by atoms with Crippen molar-refractivity contribution in [2.45, 2.75) is 38.4 Å². The Balaban J connectivity index is 1.21. The largest absolute Gasteiger partial charge is 0.339 e. The van der Waals surface area contributed by atoms with Gasteiger partial charge in [0, 0.05) is 38.3 Å². The third-order valence-electron chi connectivity index (χ3n) is 5.87. The van der Waals surface area contributed by atoms with E-state index < -0.39 is 0 Å². The molecular weight excluding hydrogens is 366 g/mol. The summed E-state index contributed by atoms with van der Waals surface area (Å²) in [6.45, 7) is 4.84. The lowest BCUT2D eigenvalue weighted by Crippen LogP contribution is -2.38. The molecule has 1 fully saturated rings. The van der Waals surface area contributed by atoms with Gasteiger partial charge in [-0.05, 0) is 18.4 Å². The van der Waals surface area contributed by atoms with Crippen molar-refractivity contribution >= 4 is 5.91 Å². The Labute approximate surface area is 169 Å². The zero-order valence-corrected chi connectivity index (χ0v) is 16.4. The molecule has 0 bridgehead atoms. The highest BCUT2D eigenvalue weighted by atomic mass is 16.2. The molecule has 2 aromatic heterocycles. The van der Waals surface area contributed by atoms with E-state index in [4.69, 9.17) is 0 Å². The van der Waals surface area contributed by atoms with Gasteiger partial charge in [-0.15, -0.1) is 10.2 Å². The minimum Gasteiger partial charge on any atom is -0.339 e. The van der Waals surface area contributed by atoms with E-state index in [1.807, 2.05) is 34.0 Å². The van der Waals surface area contributed by atoms with Crippen molar-refractivity contribution in [2.24, 2.45) is 0 Å². The lowest BCUT2D eigenvalue weighted by molar-refractivity contribution is 0.0710. The van der Waals surface area contributed by atoms with E-state index in [0.29, 0.717) is 18.0 Å². The van der Waals surface area contributed by atoms with Gasteiger partial charge in [0.1, 0.15) is 11.6 Å². The molecular formula is C21H25N7O. The van der Waals surface area contributed by atoms with E-state index in [1.54, 1.807) is 6.20 Å². The predicted octanol–water partition coefficient (Wildman–Crippen LogP) is 1.65. The molecule has 0 unspecified atom stereocenters. The summed E-state index contributed by atoms with van der Waals surface area (Å²) < 4.78 is 4.08. The first-order chi connectivity index (χ1) is 14.3. The number of fused-ring (bicyclic) bond motifs is 1. The average Bonchev–Trinajstić information content (AvgIpc) is 3.41. The number of nitrogens with one attached hydrogen (secondary N) is 1. The molecule has 4 heterocycles. The minimum absolute atomic E-state index is 0.0650. The van der Waals surface area contributed by atoms with Crippen molar-refractivity contribution in [3.8, 4) is 0 Å². The minimum atomic E-state index is 0.0650. The summed E-state index contributed by atoms with van der Waals surface area (Å²) in [5, 5.41) is 16.5. The van der Waals surface area contributed by atoms with E-state index >= 15 is 0 Å². The van der Waals surface area contributed by atoms with Crippen LogP contribution in [0.2, 0.25) is 0 Å². The first-order valence-electron chi connectivity index (χ1n) is 10.3. The SMILES string of the molecule is O=C(c1cnn(Cc2ccccc2)c1)N1CCC(c2nnc3n2CCNC3)CC1. The molecule has 0 spiro atoms. The average molecular weight is 391 g/mol. The van der Waals surface area contributed by atoms with Crippen LogP contribution in [0.3, 0.4) is 0 Å². The molecule has 5 rings (SSSR count). The second kappa shape index (κ2) is 7.79. The fourth-order valence-electron chi connectivity index (χ4n) is 4.27. The topological polar surface area (TPSA) is 80.9 Å². The first-order valence-corrected chi connectivity index (χ1v) is 10.3. The van der Waals surface area contributed by atoms with Crippen LogP contribution in [0.15, 0.2) is 42.7 Å². The quantitative estimate of drug-likeness (QED) is 0.731. The van der Waals surface area contributed by atoms with E-state index in [-0.39, 0.29) is 5.91 Å². The number of aromatic nitrogens is 5. The fourth-order valence-corrected chi connectivity index (χ4v) is 4.27. The third-order valence-corrected chi connectivity index (χ3v) is 5.87. The van der Waals surface area contributed by atoms with Gasteiger partial charge in [-0.25, -0.2) is 0 Å². The Morgan fingerprint density at radius 2 is 1.93 bits per heavy atom. The molecule has 0 radical (unpaired) electrons. The Kier molecular flexibility index (Phi) is 4.85. The fraction of sp³-hybridized carbons (Fsp3) is 0.429. The summed E-state index contributed by atoms with van der Waals surface area (Å²) >= 11 is 0. The Morgan fingerprint density at radius 3 is 2.76 bits per heavy atom. The molecule has 0 aliphatic carbocycles. The smallest absolute Gasteiger partial charge is 0.257 e. The van der Waals surface area contributed by atoms with Crippen molar-refractivity contribution < 1.29 is 4.79 Å². The zero-order valence-electron chi connectivity index (χ0n) is 16.4. The highest BCUT2D eigenvalue weighted by Gasteiger charge is 2.29. The van der Waals surface area contributed by atoms with Gasteiger partial charge in [-0.3, -0.25) is 9.48 Å². The van der Waals surface area contributed by atoms with Gasteiger partial charge in [-0.2, -0.15) is 5.10 Å². The summed E-state index contributed by atoms with van der Waals surface area (Å²) in [5.41, 5.74) is 1.83. The predicted molar refractivity (Wildman–Crippen MR) is 107 cm³/mol.